The molecule has 126 valence electrons. The van der Waals surface area contributed by atoms with Gasteiger partial charge in [0.25, 0.3) is 0 Å². The third-order valence-electron chi connectivity index (χ3n) is 3.93. The zero-order valence-corrected chi connectivity index (χ0v) is 15.0. The Morgan fingerprint density at radius 2 is 1.56 bits per heavy atom. The van der Waals surface area contributed by atoms with Crippen molar-refractivity contribution in [3.63, 3.8) is 0 Å². The highest BCUT2D eigenvalue weighted by Crippen LogP contribution is 2.25. The van der Waals surface area contributed by atoms with Crippen LogP contribution in [0.25, 0.3) is 0 Å². The lowest BCUT2D eigenvalue weighted by Crippen LogP contribution is -2.16. The van der Waals surface area contributed by atoms with E-state index >= 15 is 0 Å². The molecule has 0 atom stereocenters. The minimum absolute atomic E-state index is 0.681. The van der Waals surface area contributed by atoms with Crippen LogP contribution in [0.2, 0.25) is 5.02 Å². The van der Waals surface area contributed by atoms with Gasteiger partial charge < -0.3 is 5.32 Å². The summed E-state index contributed by atoms with van der Waals surface area (Å²) >= 11 is 6.26. The maximum atomic E-state index is 6.26. The van der Waals surface area contributed by atoms with Crippen LogP contribution in [0.15, 0.2) is 84.0 Å². The molecular formula is C21H20ClN3. The quantitative estimate of drug-likeness (QED) is 0.502. The third kappa shape index (κ3) is 4.01. The summed E-state index contributed by atoms with van der Waals surface area (Å²) in [5.41, 5.74) is 4.85. The highest BCUT2D eigenvalue weighted by Gasteiger charge is 2.14. The third-order valence-corrected chi connectivity index (χ3v) is 4.17. The van der Waals surface area contributed by atoms with Gasteiger partial charge in [0.05, 0.1) is 5.69 Å². The van der Waals surface area contributed by atoms with Crippen LogP contribution in [0.1, 0.15) is 11.1 Å². The number of halogens is 1. The van der Waals surface area contributed by atoms with Gasteiger partial charge in [0.15, 0.2) is 0 Å². The minimum atomic E-state index is 0.681. The van der Waals surface area contributed by atoms with Crippen molar-refractivity contribution < 1.29 is 0 Å². The van der Waals surface area contributed by atoms with Crippen LogP contribution < -0.4 is 10.3 Å². The van der Waals surface area contributed by atoms with Crippen molar-refractivity contribution in [1.29, 1.82) is 0 Å². The predicted molar refractivity (Wildman–Crippen MR) is 108 cm³/mol. The van der Waals surface area contributed by atoms with Gasteiger partial charge in [-0.25, -0.2) is 0 Å². The molecule has 0 fully saturated rings. The van der Waals surface area contributed by atoms with Gasteiger partial charge in [0.2, 0.25) is 0 Å². The second-order valence-corrected chi connectivity index (χ2v) is 6.05. The molecule has 0 heterocycles. The molecule has 3 aromatic carbocycles. The van der Waals surface area contributed by atoms with E-state index in [9.17, 15) is 0 Å². The van der Waals surface area contributed by atoms with E-state index in [1.54, 1.807) is 0 Å². The highest BCUT2D eigenvalue weighted by atomic mass is 35.5. The largest absolute Gasteiger partial charge is 0.388 e. The van der Waals surface area contributed by atoms with Crippen molar-refractivity contribution in [3.8, 4) is 0 Å². The van der Waals surface area contributed by atoms with Crippen LogP contribution in [0.3, 0.4) is 0 Å². The minimum Gasteiger partial charge on any atom is -0.388 e. The average Bonchev–Trinajstić information content (AvgIpc) is 2.67. The molecule has 0 unspecified atom stereocenters. The van der Waals surface area contributed by atoms with Gasteiger partial charge in [-0.05, 0) is 30.3 Å². The molecule has 0 spiro atoms. The summed E-state index contributed by atoms with van der Waals surface area (Å²) in [5.74, 6) is 0. The van der Waals surface area contributed by atoms with Crippen LogP contribution in [-0.4, -0.2) is 19.8 Å². The first-order valence-electron chi connectivity index (χ1n) is 8.09. The maximum absolute atomic E-state index is 6.26. The molecule has 3 rings (SSSR count). The summed E-state index contributed by atoms with van der Waals surface area (Å²) in [4.78, 5) is 0. The fraction of sp³-hybridized carbons (Fsp3) is 0.0952. The van der Waals surface area contributed by atoms with Gasteiger partial charge >= 0.3 is 0 Å². The molecule has 1 N–H and O–H groups in total. The molecule has 0 bridgehead atoms. The number of anilines is 2. The molecule has 0 saturated carbocycles. The number of hydrogen-bond acceptors (Lipinski definition) is 3. The van der Waals surface area contributed by atoms with Crippen molar-refractivity contribution >= 4 is 28.7 Å². The molecule has 0 aliphatic heterocycles. The van der Waals surface area contributed by atoms with Crippen LogP contribution in [0.5, 0.6) is 0 Å². The van der Waals surface area contributed by atoms with Crippen LogP contribution in [0, 0.1) is 0 Å². The van der Waals surface area contributed by atoms with E-state index in [1.807, 2.05) is 85.8 Å². The average molecular weight is 350 g/mol. The Bertz CT molecular complexity index is 861. The van der Waals surface area contributed by atoms with E-state index in [0.717, 1.165) is 28.2 Å². The number of hydrogen-bond donors (Lipinski definition) is 1. The maximum Gasteiger partial charge on any atom is 0.100 e. The SMILES string of the molecule is CNc1ccc(Cl)cc1/C(=N\N(C)c1ccccc1)c1ccccc1. The Morgan fingerprint density at radius 3 is 2.20 bits per heavy atom. The van der Waals surface area contributed by atoms with Crippen molar-refractivity contribution in [1.82, 2.24) is 0 Å². The molecule has 0 radical (unpaired) electrons. The van der Waals surface area contributed by atoms with E-state index in [1.165, 1.54) is 0 Å². The lowest BCUT2D eigenvalue weighted by atomic mass is 10.0. The van der Waals surface area contributed by atoms with Gasteiger partial charge in [0, 0.05) is 35.9 Å². The van der Waals surface area contributed by atoms with E-state index in [4.69, 9.17) is 16.7 Å². The Labute approximate surface area is 153 Å². The monoisotopic (exact) mass is 349 g/mol. The molecular weight excluding hydrogens is 330 g/mol. The summed E-state index contributed by atoms with van der Waals surface area (Å²) in [5, 5.41) is 10.7. The Kier molecular flexibility index (Phi) is 5.36. The Hall–Kier alpha value is -2.78. The second kappa shape index (κ2) is 7.86. The van der Waals surface area contributed by atoms with Gasteiger partial charge in [-0.1, -0.05) is 60.1 Å². The lowest BCUT2D eigenvalue weighted by Gasteiger charge is -2.18. The summed E-state index contributed by atoms with van der Waals surface area (Å²) in [7, 11) is 3.85. The Morgan fingerprint density at radius 1 is 0.920 bits per heavy atom. The van der Waals surface area contributed by atoms with E-state index < -0.39 is 0 Å². The first kappa shape index (κ1) is 17.1. The van der Waals surface area contributed by atoms with Gasteiger partial charge in [0.1, 0.15) is 5.71 Å². The number of para-hydroxylation sites is 1. The van der Waals surface area contributed by atoms with Crippen molar-refractivity contribution in [2.75, 3.05) is 24.4 Å². The number of nitrogens with one attached hydrogen (secondary N) is 1. The molecule has 4 heteroatoms. The number of benzene rings is 3. The molecule has 3 nitrogen and oxygen atoms in total. The molecule has 0 aromatic heterocycles. The summed E-state index contributed by atoms with van der Waals surface area (Å²) in [6, 6.07) is 26.0. The first-order chi connectivity index (χ1) is 12.2. The second-order valence-electron chi connectivity index (χ2n) is 5.61. The highest BCUT2D eigenvalue weighted by molar-refractivity contribution is 6.31. The zero-order chi connectivity index (χ0) is 17.6. The topological polar surface area (TPSA) is 27.6 Å². The molecule has 0 amide bonds. The molecule has 0 aliphatic carbocycles. The van der Waals surface area contributed by atoms with Crippen LogP contribution >= 0.6 is 11.6 Å². The summed E-state index contributed by atoms with van der Waals surface area (Å²) in [6.45, 7) is 0. The normalized spacial score (nSPS) is 11.2. The number of rotatable bonds is 5. The van der Waals surface area contributed by atoms with Crippen LogP contribution in [0.4, 0.5) is 11.4 Å². The molecule has 0 aliphatic rings. The molecule has 0 saturated heterocycles. The van der Waals surface area contributed by atoms with Crippen molar-refractivity contribution in [3.05, 3.63) is 95.0 Å². The lowest BCUT2D eigenvalue weighted by molar-refractivity contribution is 1.02. The zero-order valence-electron chi connectivity index (χ0n) is 14.3. The van der Waals surface area contributed by atoms with E-state index in [-0.39, 0.29) is 0 Å². The van der Waals surface area contributed by atoms with Gasteiger partial charge in [-0.15, -0.1) is 0 Å². The van der Waals surface area contributed by atoms with Crippen molar-refractivity contribution in [2.45, 2.75) is 0 Å². The number of hydrazone groups is 1. The van der Waals surface area contributed by atoms with E-state index in [0.29, 0.717) is 5.02 Å². The summed E-state index contributed by atoms with van der Waals surface area (Å²) in [6.07, 6.45) is 0. The predicted octanol–water partition coefficient (Wildman–Crippen LogP) is 5.27. The summed E-state index contributed by atoms with van der Waals surface area (Å²) < 4.78 is 0. The fourth-order valence-corrected chi connectivity index (χ4v) is 2.82. The molecule has 3 aromatic rings. The van der Waals surface area contributed by atoms with Gasteiger partial charge in [-0.3, -0.25) is 5.01 Å². The van der Waals surface area contributed by atoms with Gasteiger partial charge in [-0.2, -0.15) is 5.10 Å². The number of nitrogens with zero attached hydrogens (tertiary/aromatic N) is 2. The van der Waals surface area contributed by atoms with E-state index in [2.05, 4.69) is 17.4 Å². The van der Waals surface area contributed by atoms with Crippen LogP contribution in [-0.2, 0) is 0 Å². The Balaban J connectivity index is 2.14. The smallest absolute Gasteiger partial charge is 0.100 e. The fourth-order valence-electron chi connectivity index (χ4n) is 2.64. The standard InChI is InChI=1S/C21H20ClN3/c1-23-20-14-13-17(22)15-19(20)21(16-9-5-3-6-10-16)24-25(2)18-11-7-4-8-12-18/h3-15,23H,1-2H3/b24-21-. The first-order valence-corrected chi connectivity index (χ1v) is 8.47. The van der Waals surface area contributed by atoms with Crippen molar-refractivity contribution in [2.24, 2.45) is 5.10 Å². The molecule has 25 heavy (non-hydrogen) atoms.